The van der Waals surface area contributed by atoms with E-state index in [1.165, 1.54) is 34.8 Å². The Bertz CT molecular complexity index is 893. The molecule has 24 heavy (non-hydrogen) atoms. The highest BCUT2D eigenvalue weighted by Gasteiger charge is 2.29. The van der Waals surface area contributed by atoms with E-state index in [9.17, 15) is 14.4 Å². The Morgan fingerprint density at radius 2 is 2.12 bits per heavy atom. The van der Waals surface area contributed by atoms with Crippen LogP contribution in [-0.4, -0.2) is 26.5 Å². The van der Waals surface area contributed by atoms with Gasteiger partial charge in [-0.05, 0) is 30.4 Å². The number of hydrogen-bond acceptors (Lipinski definition) is 4. The zero-order chi connectivity index (χ0) is 17.3. The topological polar surface area (TPSA) is 64.3 Å². The maximum Gasteiger partial charge on any atom is 0.330 e. The fraction of sp³-hybridized carbons (Fsp3) is 0.353. The van der Waals surface area contributed by atoms with E-state index in [1.54, 1.807) is 18.4 Å². The quantitative estimate of drug-likeness (QED) is 0.793. The summed E-state index contributed by atoms with van der Waals surface area (Å²) in [5, 5.41) is 2.01. The molecule has 1 atom stereocenters. The predicted octanol–water partition coefficient (Wildman–Crippen LogP) is 1.52. The van der Waals surface area contributed by atoms with E-state index in [4.69, 9.17) is 0 Å². The Hall–Kier alpha value is -2.41. The van der Waals surface area contributed by atoms with Crippen LogP contribution in [0.1, 0.15) is 29.3 Å². The summed E-state index contributed by atoms with van der Waals surface area (Å²) in [6, 6.07) is 4.16. The second kappa shape index (κ2) is 6.60. The Kier molecular flexibility index (Phi) is 4.53. The maximum atomic E-state index is 12.5. The van der Waals surface area contributed by atoms with Gasteiger partial charge in [-0.15, -0.1) is 11.3 Å². The van der Waals surface area contributed by atoms with Crippen molar-refractivity contribution in [2.45, 2.75) is 18.9 Å². The third-order valence-corrected chi connectivity index (χ3v) is 5.26. The van der Waals surface area contributed by atoms with Gasteiger partial charge in [0.05, 0.1) is 11.6 Å². The number of carbonyl (C=O) groups is 1. The minimum absolute atomic E-state index is 0.109. The van der Waals surface area contributed by atoms with E-state index in [0.29, 0.717) is 5.56 Å². The smallest absolute Gasteiger partial charge is 0.330 e. The van der Waals surface area contributed by atoms with E-state index in [2.05, 4.69) is 0 Å². The van der Waals surface area contributed by atoms with Gasteiger partial charge < -0.3 is 9.47 Å². The number of thiophene rings is 1. The average Bonchev–Trinajstić information content (AvgIpc) is 3.25. The normalized spacial score (nSPS) is 17.8. The van der Waals surface area contributed by atoms with E-state index in [-0.39, 0.29) is 17.6 Å². The van der Waals surface area contributed by atoms with E-state index in [0.717, 1.165) is 24.0 Å². The fourth-order valence-corrected chi connectivity index (χ4v) is 3.89. The summed E-state index contributed by atoms with van der Waals surface area (Å²) in [6.45, 7) is 0.719. The van der Waals surface area contributed by atoms with Crippen molar-refractivity contribution in [2.75, 3.05) is 6.54 Å². The molecule has 6 nitrogen and oxygen atoms in total. The first-order valence-corrected chi connectivity index (χ1v) is 8.65. The minimum Gasteiger partial charge on any atom is -0.331 e. The van der Waals surface area contributed by atoms with Gasteiger partial charge in [-0.3, -0.25) is 14.2 Å². The number of nitrogens with zero attached hydrogens (tertiary/aromatic N) is 3. The molecule has 1 amide bonds. The number of rotatable bonds is 3. The summed E-state index contributed by atoms with van der Waals surface area (Å²) in [6.07, 6.45) is 6.31. The molecule has 0 bridgehead atoms. The molecule has 126 valence electrons. The largest absolute Gasteiger partial charge is 0.331 e. The molecule has 0 saturated carbocycles. The zero-order valence-corrected chi connectivity index (χ0v) is 14.5. The summed E-state index contributed by atoms with van der Waals surface area (Å²) < 4.78 is 2.37. The number of amides is 1. The lowest BCUT2D eigenvalue weighted by atomic mass is 10.2. The molecule has 1 saturated heterocycles. The Balaban J connectivity index is 1.84. The molecule has 0 spiro atoms. The SMILES string of the molecule is Cn1cc(/C=C\C(=O)N2CCC[C@H]2c2cccs2)c(=O)n(C)c1=O. The first-order valence-electron chi connectivity index (χ1n) is 7.78. The van der Waals surface area contributed by atoms with Crippen LogP contribution in [0, 0.1) is 0 Å². The fourth-order valence-electron chi connectivity index (χ4n) is 3.01. The van der Waals surface area contributed by atoms with Crippen molar-refractivity contribution in [1.82, 2.24) is 14.0 Å². The molecule has 0 aromatic carbocycles. The van der Waals surface area contributed by atoms with Crippen molar-refractivity contribution in [2.24, 2.45) is 14.1 Å². The van der Waals surface area contributed by atoms with Crippen LogP contribution in [0.2, 0.25) is 0 Å². The second-order valence-corrected chi connectivity index (χ2v) is 6.86. The lowest BCUT2D eigenvalue weighted by Gasteiger charge is -2.22. The van der Waals surface area contributed by atoms with Crippen LogP contribution in [-0.2, 0) is 18.9 Å². The van der Waals surface area contributed by atoms with E-state index in [1.807, 2.05) is 22.4 Å². The molecule has 0 aliphatic carbocycles. The summed E-state index contributed by atoms with van der Waals surface area (Å²) in [4.78, 5) is 39.4. The molecular formula is C17H19N3O3S. The van der Waals surface area contributed by atoms with Crippen LogP contribution in [0.15, 0.2) is 39.4 Å². The molecule has 1 aliphatic rings. The van der Waals surface area contributed by atoms with Crippen molar-refractivity contribution < 1.29 is 4.79 Å². The molecule has 2 aromatic rings. The summed E-state index contributed by atoms with van der Waals surface area (Å²) in [5.74, 6) is -0.109. The van der Waals surface area contributed by atoms with Gasteiger partial charge >= 0.3 is 5.69 Å². The van der Waals surface area contributed by atoms with Crippen molar-refractivity contribution >= 4 is 23.3 Å². The van der Waals surface area contributed by atoms with Crippen molar-refractivity contribution in [1.29, 1.82) is 0 Å². The molecule has 3 heterocycles. The molecule has 0 N–H and O–H groups in total. The number of carbonyl (C=O) groups excluding carboxylic acids is 1. The number of hydrogen-bond donors (Lipinski definition) is 0. The van der Waals surface area contributed by atoms with E-state index < -0.39 is 5.56 Å². The third kappa shape index (κ3) is 2.99. The average molecular weight is 345 g/mol. The first kappa shape index (κ1) is 16.4. The van der Waals surface area contributed by atoms with Crippen LogP contribution in [0.4, 0.5) is 0 Å². The van der Waals surface area contributed by atoms with E-state index >= 15 is 0 Å². The van der Waals surface area contributed by atoms with Gasteiger partial charge in [-0.2, -0.15) is 0 Å². The zero-order valence-electron chi connectivity index (χ0n) is 13.6. The monoisotopic (exact) mass is 345 g/mol. The van der Waals surface area contributed by atoms with Gasteiger partial charge in [0.25, 0.3) is 5.56 Å². The summed E-state index contributed by atoms with van der Waals surface area (Å²) in [5.41, 5.74) is -0.473. The Labute approximate surface area is 143 Å². The number of aryl methyl sites for hydroxylation is 1. The Morgan fingerprint density at radius 1 is 1.33 bits per heavy atom. The van der Waals surface area contributed by atoms with Gasteiger partial charge in [-0.25, -0.2) is 4.79 Å². The van der Waals surface area contributed by atoms with Crippen LogP contribution in [0.5, 0.6) is 0 Å². The first-order chi connectivity index (χ1) is 11.5. The highest BCUT2D eigenvalue weighted by atomic mass is 32.1. The highest BCUT2D eigenvalue weighted by molar-refractivity contribution is 7.10. The van der Waals surface area contributed by atoms with Crippen molar-refractivity contribution in [3.63, 3.8) is 0 Å². The van der Waals surface area contributed by atoms with Crippen molar-refractivity contribution in [3.8, 4) is 0 Å². The molecule has 1 fully saturated rings. The second-order valence-electron chi connectivity index (χ2n) is 5.88. The predicted molar refractivity (Wildman–Crippen MR) is 94.0 cm³/mol. The van der Waals surface area contributed by atoms with Gasteiger partial charge in [0.1, 0.15) is 0 Å². The number of aromatic nitrogens is 2. The molecule has 1 aliphatic heterocycles. The number of likely N-dealkylation sites (tertiary alicyclic amines) is 1. The van der Waals surface area contributed by atoms with Gasteiger partial charge in [0.2, 0.25) is 5.91 Å². The van der Waals surface area contributed by atoms with Crippen LogP contribution >= 0.6 is 11.3 Å². The summed E-state index contributed by atoms with van der Waals surface area (Å²) in [7, 11) is 3.01. The minimum atomic E-state index is -0.404. The molecule has 3 rings (SSSR count). The van der Waals surface area contributed by atoms with Gasteiger partial charge in [0.15, 0.2) is 0 Å². The molecular weight excluding hydrogens is 326 g/mol. The molecule has 7 heteroatoms. The lowest BCUT2D eigenvalue weighted by Crippen LogP contribution is -2.37. The summed E-state index contributed by atoms with van der Waals surface area (Å²) >= 11 is 1.65. The Morgan fingerprint density at radius 3 is 2.83 bits per heavy atom. The van der Waals surface area contributed by atoms with Crippen LogP contribution < -0.4 is 11.2 Å². The molecule has 0 radical (unpaired) electrons. The van der Waals surface area contributed by atoms with Crippen molar-refractivity contribution in [3.05, 3.63) is 61.1 Å². The molecule has 2 aromatic heterocycles. The lowest BCUT2D eigenvalue weighted by molar-refractivity contribution is -0.126. The highest BCUT2D eigenvalue weighted by Crippen LogP contribution is 2.34. The van der Waals surface area contributed by atoms with Gasteiger partial charge in [-0.1, -0.05) is 6.07 Å². The van der Waals surface area contributed by atoms with Gasteiger partial charge in [0, 0.05) is 37.8 Å². The van der Waals surface area contributed by atoms with Crippen LogP contribution in [0.25, 0.3) is 6.08 Å². The standard InChI is InChI=1S/C17H19N3O3S/c1-18-11-12(16(22)19(2)17(18)23)7-8-15(21)20-9-3-5-13(20)14-6-4-10-24-14/h4,6-8,10-11,13H,3,5,9H2,1-2H3/b8-7-/t13-/m0/s1. The maximum absolute atomic E-state index is 12.5. The van der Waals surface area contributed by atoms with Crippen LogP contribution in [0.3, 0.4) is 0 Å². The molecule has 0 unspecified atom stereocenters. The third-order valence-electron chi connectivity index (χ3n) is 4.29.